The second-order valence-corrected chi connectivity index (χ2v) is 6.07. The van der Waals surface area contributed by atoms with Crippen LogP contribution in [0.25, 0.3) is 0 Å². The third kappa shape index (κ3) is 4.12. The van der Waals surface area contributed by atoms with Crippen LogP contribution in [0.15, 0.2) is 40.9 Å². The highest BCUT2D eigenvalue weighted by atomic mass is 35.5. The van der Waals surface area contributed by atoms with E-state index in [0.29, 0.717) is 6.54 Å². The molecule has 3 rings (SSSR count). The highest BCUT2D eigenvalue weighted by Crippen LogP contribution is 2.21. The topological polar surface area (TPSA) is 58.4 Å². The van der Waals surface area contributed by atoms with Gasteiger partial charge in [0.1, 0.15) is 0 Å². The van der Waals surface area contributed by atoms with E-state index in [4.69, 9.17) is 16.0 Å². The van der Waals surface area contributed by atoms with E-state index in [1.54, 1.807) is 18.3 Å². The standard InChI is InChI=1S/C17H20ClN3O2/c18-16-7-6-15(23-16)17(22)21(12-13-4-1-2-10-20-13)14-5-3-9-19-11-8-14/h1-2,4,6-7,10,14,19H,3,5,8-9,11-12H2/t14-/m0/s1. The molecule has 1 aliphatic heterocycles. The van der Waals surface area contributed by atoms with Crippen LogP contribution in [0, 0.1) is 0 Å². The monoisotopic (exact) mass is 333 g/mol. The summed E-state index contributed by atoms with van der Waals surface area (Å²) in [4.78, 5) is 19.1. The highest BCUT2D eigenvalue weighted by Gasteiger charge is 2.27. The van der Waals surface area contributed by atoms with E-state index in [2.05, 4.69) is 10.3 Å². The molecule has 3 heterocycles. The minimum Gasteiger partial charge on any atom is -0.440 e. The Morgan fingerprint density at radius 1 is 1.30 bits per heavy atom. The molecule has 2 aromatic rings. The fourth-order valence-corrected chi connectivity index (χ4v) is 3.06. The Bertz CT molecular complexity index is 636. The Kier molecular flexibility index (Phi) is 5.31. The number of hydrogen-bond donors (Lipinski definition) is 1. The number of rotatable bonds is 4. The van der Waals surface area contributed by atoms with E-state index >= 15 is 0 Å². The number of furan rings is 1. The molecule has 6 heteroatoms. The van der Waals surface area contributed by atoms with Gasteiger partial charge in [0, 0.05) is 12.2 Å². The van der Waals surface area contributed by atoms with Crippen LogP contribution in [0.4, 0.5) is 0 Å². The van der Waals surface area contributed by atoms with E-state index in [1.165, 1.54) is 0 Å². The van der Waals surface area contributed by atoms with E-state index < -0.39 is 0 Å². The Labute approximate surface area is 140 Å². The molecule has 0 radical (unpaired) electrons. The van der Waals surface area contributed by atoms with Gasteiger partial charge in [-0.15, -0.1) is 0 Å². The lowest BCUT2D eigenvalue weighted by atomic mass is 10.1. The first-order chi connectivity index (χ1) is 11.2. The molecule has 1 saturated heterocycles. The maximum Gasteiger partial charge on any atom is 0.290 e. The smallest absolute Gasteiger partial charge is 0.290 e. The van der Waals surface area contributed by atoms with Crippen LogP contribution >= 0.6 is 11.6 Å². The Balaban J connectivity index is 1.84. The fraction of sp³-hybridized carbons (Fsp3) is 0.412. The second-order valence-electron chi connectivity index (χ2n) is 5.69. The number of pyridine rings is 1. The van der Waals surface area contributed by atoms with Crippen molar-refractivity contribution in [3.8, 4) is 0 Å². The number of carbonyl (C=O) groups excluding carboxylic acids is 1. The summed E-state index contributed by atoms with van der Waals surface area (Å²) >= 11 is 5.82. The lowest BCUT2D eigenvalue weighted by molar-refractivity contribution is 0.0609. The predicted molar refractivity (Wildman–Crippen MR) is 88.3 cm³/mol. The molecule has 1 fully saturated rings. The summed E-state index contributed by atoms with van der Waals surface area (Å²) in [5.74, 6) is 0.151. The number of carbonyl (C=O) groups is 1. The Hall–Kier alpha value is -1.85. The molecule has 1 atom stereocenters. The van der Waals surface area contributed by atoms with Crippen LogP contribution in [0.5, 0.6) is 0 Å². The summed E-state index contributed by atoms with van der Waals surface area (Å²) in [5.41, 5.74) is 0.871. The molecular weight excluding hydrogens is 314 g/mol. The zero-order valence-corrected chi connectivity index (χ0v) is 13.6. The second kappa shape index (κ2) is 7.62. The van der Waals surface area contributed by atoms with Gasteiger partial charge >= 0.3 is 0 Å². The van der Waals surface area contributed by atoms with Crippen molar-refractivity contribution < 1.29 is 9.21 Å². The van der Waals surface area contributed by atoms with Crippen molar-refractivity contribution in [2.75, 3.05) is 13.1 Å². The molecule has 1 N–H and O–H groups in total. The maximum absolute atomic E-state index is 12.9. The predicted octanol–water partition coefficient (Wildman–Crippen LogP) is 3.11. The minimum atomic E-state index is -0.130. The molecule has 1 aliphatic rings. The summed E-state index contributed by atoms with van der Waals surface area (Å²) < 4.78 is 5.32. The van der Waals surface area contributed by atoms with Crippen LogP contribution in [0.1, 0.15) is 35.5 Å². The normalized spacial score (nSPS) is 18.4. The largest absolute Gasteiger partial charge is 0.440 e. The van der Waals surface area contributed by atoms with E-state index in [1.807, 2.05) is 23.1 Å². The van der Waals surface area contributed by atoms with Crippen LogP contribution in [-0.2, 0) is 6.54 Å². The average Bonchev–Trinajstić information content (AvgIpc) is 2.84. The number of hydrogen-bond acceptors (Lipinski definition) is 4. The molecular formula is C17H20ClN3O2. The Morgan fingerprint density at radius 2 is 2.22 bits per heavy atom. The average molecular weight is 334 g/mol. The summed E-state index contributed by atoms with van der Waals surface area (Å²) in [5, 5.41) is 3.61. The SMILES string of the molecule is O=C(c1ccc(Cl)o1)N(Cc1ccccn1)[C@H]1CCCNCC1. The van der Waals surface area contributed by atoms with Gasteiger partial charge in [0.15, 0.2) is 11.0 Å². The quantitative estimate of drug-likeness (QED) is 0.934. The van der Waals surface area contributed by atoms with Crippen LogP contribution in [0.3, 0.4) is 0 Å². The highest BCUT2D eigenvalue weighted by molar-refractivity contribution is 6.29. The van der Waals surface area contributed by atoms with Gasteiger partial charge in [-0.1, -0.05) is 6.07 Å². The van der Waals surface area contributed by atoms with Gasteiger partial charge in [-0.25, -0.2) is 0 Å². The lowest BCUT2D eigenvalue weighted by Gasteiger charge is -2.30. The fourth-order valence-electron chi connectivity index (χ4n) is 2.92. The molecule has 0 aromatic carbocycles. The first-order valence-electron chi connectivity index (χ1n) is 7.91. The molecule has 23 heavy (non-hydrogen) atoms. The number of nitrogens with zero attached hydrogens (tertiary/aromatic N) is 2. The van der Waals surface area contributed by atoms with Crippen LogP contribution in [-0.4, -0.2) is 34.9 Å². The van der Waals surface area contributed by atoms with Crippen LogP contribution < -0.4 is 5.32 Å². The minimum absolute atomic E-state index is 0.130. The first kappa shape index (κ1) is 16.0. The third-order valence-electron chi connectivity index (χ3n) is 4.09. The van der Waals surface area contributed by atoms with Gasteiger partial charge in [0.2, 0.25) is 0 Å². The lowest BCUT2D eigenvalue weighted by Crippen LogP contribution is -2.40. The zero-order chi connectivity index (χ0) is 16.1. The van der Waals surface area contributed by atoms with Gasteiger partial charge in [-0.3, -0.25) is 9.78 Å². The maximum atomic E-state index is 12.9. The number of nitrogens with one attached hydrogen (secondary N) is 1. The van der Waals surface area contributed by atoms with Crippen LogP contribution in [0.2, 0.25) is 5.22 Å². The molecule has 0 bridgehead atoms. The summed E-state index contributed by atoms with van der Waals surface area (Å²) in [6.07, 6.45) is 4.69. The van der Waals surface area contributed by atoms with Crippen molar-refractivity contribution in [1.82, 2.24) is 15.2 Å². The molecule has 122 valence electrons. The van der Waals surface area contributed by atoms with Crippen molar-refractivity contribution in [2.45, 2.75) is 31.8 Å². The molecule has 1 amide bonds. The number of halogens is 1. The van der Waals surface area contributed by atoms with Gasteiger partial charge in [-0.05, 0) is 68.2 Å². The van der Waals surface area contributed by atoms with Crippen molar-refractivity contribution in [3.05, 3.63) is 53.2 Å². The first-order valence-corrected chi connectivity index (χ1v) is 8.29. The molecule has 5 nitrogen and oxygen atoms in total. The van der Waals surface area contributed by atoms with Crippen molar-refractivity contribution in [1.29, 1.82) is 0 Å². The zero-order valence-electron chi connectivity index (χ0n) is 12.9. The van der Waals surface area contributed by atoms with Crippen molar-refractivity contribution in [3.63, 3.8) is 0 Å². The van der Waals surface area contributed by atoms with Gasteiger partial charge in [0.25, 0.3) is 5.91 Å². The van der Waals surface area contributed by atoms with E-state index in [9.17, 15) is 4.79 Å². The van der Waals surface area contributed by atoms with E-state index in [0.717, 1.165) is 38.0 Å². The molecule has 0 saturated carbocycles. The van der Waals surface area contributed by atoms with Gasteiger partial charge < -0.3 is 14.6 Å². The van der Waals surface area contributed by atoms with Crippen molar-refractivity contribution >= 4 is 17.5 Å². The van der Waals surface area contributed by atoms with Gasteiger partial charge in [-0.2, -0.15) is 0 Å². The molecule has 2 aromatic heterocycles. The number of amides is 1. The summed E-state index contributed by atoms with van der Waals surface area (Å²) in [7, 11) is 0. The third-order valence-corrected chi connectivity index (χ3v) is 4.29. The van der Waals surface area contributed by atoms with Gasteiger partial charge in [0.05, 0.1) is 12.2 Å². The summed E-state index contributed by atoms with van der Waals surface area (Å²) in [6.45, 7) is 2.38. The van der Waals surface area contributed by atoms with Crippen molar-refractivity contribution in [2.24, 2.45) is 0 Å². The molecule has 0 aliphatic carbocycles. The Morgan fingerprint density at radius 3 is 2.96 bits per heavy atom. The number of aromatic nitrogens is 1. The van der Waals surface area contributed by atoms with E-state index in [-0.39, 0.29) is 22.9 Å². The molecule has 0 unspecified atom stereocenters. The molecule has 0 spiro atoms. The summed E-state index contributed by atoms with van der Waals surface area (Å²) in [6, 6.07) is 9.14.